The van der Waals surface area contributed by atoms with Crippen LogP contribution < -0.4 is 4.74 Å². The summed E-state index contributed by atoms with van der Waals surface area (Å²) in [6.45, 7) is 4.37. The second-order valence-electron chi connectivity index (χ2n) is 7.34. The largest absolute Gasteiger partial charge is 0.489 e. The Morgan fingerprint density at radius 1 is 1.19 bits per heavy atom. The number of halogens is 1. The highest BCUT2D eigenvalue weighted by Gasteiger charge is 2.34. The van der Waals surface area contributed by atoms with Crippen molar-refractivity contribution in [3.8, 4) is 5.75 Å². The minimum Gasteiger partial charge on any atom is -0.489 e. The molecule has 4 rings (SSSR count). The number of carbonyl (C=O) groups is 1. The van der Waals surface area contributed by atoms with Crippen LogP contribution in [0.5, 0.6) is 5.75 Å². The topological polar surface area (TPSA) is 55.0 Å². The highest BCUT2D eigenvalue weighted by Crippen LogP contribution is 2.36. The molecule has 0 spiro atoms. The van der Waals surface area contributed by atoms with Gasteiger partial charge in [0.15, 0.2) is 5.17 Å². The minimum atomic E-state index is -0.128. The summed E-state index contributed by atoms with van der Waals surface area (Å²) in [5, 5.41) is 1.12. The lowest BCUT2D eigenvalue weighted by atomic mass is 10.2. The summed E-state index contributed by atoms with van der Waals surface area (Å²) in [5.41, 5.74) is 1.60. The van der Waals surface area contributed by atoms with E-state index in [9.17, 15) is 4.79 Å². The van der Waals surface area contributed by atoms with Gasteiger partial charge in [-0.1, -0.05) is 42.8 Å². The van der Waals surface area contributed by atoms with Crippen LogP contribution in [-0.2, 0) is 11.3 Å². The number of hydrogen-bond acceptors (Lipinski definition) is 5. The maximum absolute atomic E-state index is 13.2. The molecule has 32 heavy (non-hydrogen) atoms. The van der Waals surface area contributed by atoms with Crippen molar-refractivity contribution < 1.29 is 13.9 Å². The molecule has 7 heteroatoms. The number of aliphatic imine (C=N–C) groups is 1. The first-order chi connectivity index (χ1) is 15.5. The van der Waals surface area contributed by atoms with Gasteiger partial charge in [0, 0.05) is 0 Å². The number of nitrogens with zero attached hydrogens (tertiary/aromatic N) is 2. The van der Waals surface area contributed by atoms with Crippen LogP contribution in [0.15, 0.2) is 81.2 Å². The van der Waals surface area contributed by atoms with Gasteiger partial charge in [-0.25, -0.2) is 4.99 Å². The quantitative estimate of drug-likeness (QED) is 0.355. The van der Waals surface area contributed by atoms with Crippen LogP contribution in [0.4, 0.5) is 5.69 Å². The van der Waals surface area contributed by atoms with Crippen molar-refractivity contribution in [2.24, 2.45) is 4.99 Å². The Balaban J connectivity index is 1.63. The van der Waals surface area contributed by atoms with E-state index in [-0.39, 0.29) is 12.0 Å². The SMILES string of the molecule is CC[C@@H](C)Oc1ccc(/C=C2\SC(=Nc3ccccc3)N(Cc3ccco3)C2=O)cc1Cl. The summed E-state index contributed by atoms with van der Waals surface area (Å²) in [4.78, 5) is 20.1. The Morgan fingerprint density at radius 3 is 2.69 bits per heavy atom. The van der Waals surface area contributed by atoms with Gasteiger partial charge in [-0.15, -0.1) is 0 Å². The first-order valence-corrected chi connectivity index (χ1v) is 11.6. The molecule has 1 aliphatic rings. The smallest absolute Gasteiger partial charge is 0.267 e. The summed E-state index contributed by atoms with van der Waals surface area (Å²) in [7, 11) is 0. The third-order valence-corrected chi connectivity index (χ3v) is 6.22. The number of amidine groups is 1. The number of thioether (sulfide) groups is 1. The van der Waals surface area contributed by atoms with E-state index < -0.39 is 0 Å². The van der Waals surface area contributed by atoms with Crippen molar-refractivity contribution in [3.63, 3.8) is 0 Å². The van der Waals surface area contributed by atoms with Crippen LogP contribution in [-0.4, -0.2) is 22.1 Å². The normalized spacial score (nSPS) is 17.3. The summed E-state index contributed by atoms with van der Waals surface area (Å²) in [6.07, 6.45) is 4.39. The lowest BCUT2D eigenvalue weighted by Gasteiger charge is -2.14. The molecule has 1 atom stereocenters. The third kappa shape index (κ3) is 5.26. The maximum atomic E-state index is 13.2. The first-order valence-electron chi connectivity index (χ1n) is 10.4. The molecular formula is C25H23ClN2O3S. The van der Waals surface area contributed by atoms with Gasteiger partial charge in [0.1, 0.15) is 11.5 Å². The number of amides is 1. The second-order valence-corrected chi connectivity index (χ2v) is 8.75. The summed E-state index contributed by atoms with van der Waals surface area (Å²) >= 11 is 7.75. The molecule has 1 aromatic heterocycles. The fourth-order valence-electron chi connectivity index (χ4n) is 3.06. The van der Waals surface area contributed by atoms with Crippen LogP contribution >= 0.6 is 23.4 Å². The van der Waals surface area contributed by atoms with Gasteiger partial charge in [0.2, 0.25) is 0 Å². The molecule has 5 nitrogen and oxygen atoms in total. The van der Waals surface area contributed by atoms with E-state index in [2.05, 4.69) is 6.92 Å². The van der Waals surface area contributed by atoms with Crippen molar-refractivity contribution in [2.75, 3.05) is 0 Å². The molecule has 2 aromatic carbocycles. The Bertz CT molecular complexity index is 1140. The van der Waals surface area contributed by atoms with E-state index in [0.29, 0.717) is 33.1 Å². The Kier molecular flexibility index (Phi) is 7.02. The molecule has 2 heterocycles. The molecule has 1 amide bonds. The van der Waals surface area contributed by atoms with Crippen LogP contribution in [0.25, 0.3) is 6.08 Å². The van der Waals surface area contributed by atoms with Crippen LogP contribution in [0, 0.1) is 0 Å². The standard InChI is InChI=1S/C25H23ClN2O3S/c1-3-17(2)31-22-12-11-18(14-21(22)26)15-23-24(29)28(16-20-10-7-13-30-20)25(32-23)27-19-8-5-4-6-9-19/h4-15,17H,3,16H2,1-2H3/b23-15-,27-25?/t17-/m1/s1. The number of para-hydroxylation sites is 1. The van der Waals surface area contributed by atoms with E-state index in [1.165, 1.54) is 11.8 Å². The van der Waals surface area contributed by atoms with E-state index in [0.717, 1.165) is 17.7 Å². The zero-order valence-corrected chi connectivity index (χ0v) is 19.4. The zero-order chi connectivity index (χ0) is 22.5. The zero-order valence-electron chi connectivity index (χ0n) is 17.8. The molecule has 0 saturated carbocycles. The van der Waals surface area contributed by atoms with Gasteiger partial charge in [-0.05, 0) is 73.1 Å². The van der Waals surface area contributed by atoms with Crippen LogP contribution in [0.3, 0.4) is 0 Å². The van der Waals surface area contributed by atoms with Crippen LogP contribution in [0.2, 0.25) is 5.02 Å². The highest BCUT2D eigenvalue weighted by molar-refractivity contribution is 8.18. The molecule has 0 bridgehead atoms. The molecule has 0 radical (unpaired) electrons. The monoisotopic (exact) mass is 466 g/mol. The van der Waals surface area contributed by atoms with Crippen molar-refractivity contribution in [3.05, 3.63) is 88.2 Å². The fourth-order valence-corrected chi connectivity index (χ4v) is 4.29. The molecule has 0 aliphatic carbocycles. The van der Waals surface area contributed by atoms with E-state index in [1.54, 1.807) is 17.2 Å². The number of benzene rings is 2. The predicted octanol–water partition coefficient (Wildman–Crippen LogP) is 6.91. The average molecular weight is 467 g/mol. The number of carbonyl (C=O) groups excluding carboxylic acids is 1. The third-order valence-electron chi connectivity index (χ3n) is 4.92. The van der Waals surface area contributed by atoms with Crippen molar-refractivity contribution in [1.82, 2.24) is 4.90 Å². The van der Waals surface area contributed by atoms with E-state index in [1.807, 2.05) is 67.6 Å². The number of furan rings is 1. The lowest BCUT2D eigenvalue weighted by Crippen LogP contribution is -2.28. The molecular weight excluding hydrogens is 444 g/mol. The molecule has 164 valence electrons. The van der Waals surface area contributed by atoms with Gasteiger partial charge in [-0.2, -0.15) is 0 Å². The van der Waals surface area contributed by atoms with Crippen molar-refractivity contribution in [2.45, 2.75) is 32.9 Å². The second kappa shape index (κ2) is 10.1. The maximum Gasteiger partial charge on any atom is 0.267 e. The molecule has 1 fully saturated rings. The van der Waals surface area contributed by atoms with Gasteiger partial charge < -0.3 is 9.15 Å². The van der Waals surface area contributed by atoms with E-state index in [4.69, 9.17) is 25.7 Å². The number of hydrogen-bond donors (Lipinski definition) is 0. The van der Waals surface area contributed by atoms with Gasteiger partial charge >= 0.3 is 0 Å². The van der Waals surface area contributed by atoms with Crippen molar-refractivity contribution in [1.29, 1.82) is 0 Å². The van der Waals surface area contributed by atoms with Gasteiger partial charge in [0.25, 0.3) is 5.91 Å². The van der Waals surface area contributed by atoms with Crippen LogP contribution in [0.1, 0.15) is 31.6 Å². The van der Waals surface area contributed by atoms with E-state index >= 15 is 0 Å². The highest BCUT2D eigenvalue weighted by atomic mass is 35.5. The minimum absolute atomic E-state index is 0.0792. The molecule has 3 aromatic rings. The molecule has 1 aliphatic heterocycles. The average Bonchev–Trinajstić information content (AvgIpc) is 3.41. The first kappa shape index (κ1) is 22.2. The lowest BCUT2D eigenvalue weighted by molar-refractivity contribution is -0.122. The number of ether oxygens (including phenoxy) is 1. The predicted molar refractivity (Wildman–Crippen MR) is 130 cm³/mol. The molecule has 1 saturated heterocycles. The Hall–Kier alpha value is -2.96. The van der Waals surface area contributed by atoms with Gasteiger partial charge in [0.05, 0.1) is 34.5 Å². The molecule has 0 N–H and O–H groups in total. The summed E-state index contributed by atoms with van der Waals surface area (Å²) in [6, 6.07) is 18.8. The molecule has 0 unspecified atom stereocenters. The van der Waals surface area contributed by atoms with Crippen molar-refractivity contribution >= 4 is 46.2 Å². The fraction of sp³-hybridized carbons (Fsp3) is 0.200. The summed E-state index contributed by atoms with van der Waals surface area (Å²) < 4.78 is 11.3. The summed E-state index contributed by atoms with van der Waals surface area (Å²) in [5.74, 6) is 1.20. The number of rotatable bonds is 7. The Morgan fingerprint density at radius 2 is 2.00 bits per heavy atom. The Labute approximate surface area is 196 Å². The van der Waals surface area contributed by atoms with Gasteiger partial charge in [-0.3, -0.25) is 9.69 Å².